The number of nitrogens with zero attached hydrogens (tertiary/aromatic N) is 2. The zero-order valence-electron chi connectivity index (χ0n) is 18.9. The Bertz CT molecular complexity index is 1080. The van der Waals surface area contributed by atoms with Crippen LogP contribution in [-0.2, 0) is 16.1 Å². The molecule has 0 aliphatic carbocycles. The van der Waals surface area contributed by atoms with Gasteiger partial charge < -0.3 is 28.4 Å². The van der Waals surface area contributed by atoms with Crippen molar-refractivity contribution in [3.8, 4) is 17.2 Å². The molecule has 7 heteroatoms. The molecule has 2 heterocycles. The zero-order chi connectivity index (χ0) is 22.5. The van der Waals surface area contributed by atoms with E-state index >= 15 is 0 Å². The number of carbonyl (C=O) groups is 1. The van der Waals surface area contributed by atoms with Gasteiger partial charge in [0.15, 0.2) is 6.61 Å². The summed E-state index contributed by atoms with van der Waals surface area (Å²) in [6, 6.07) is 13.6. The first-order valence-electron chi connectivity index (χ1n) is 10.9. The predicted molar refractivity (Wildman–Crippen MR) is 123 cm³/mol. The van der Waals surface area contributed by atoms with Crippen LogP contribution in [0.1, 0.15) is 24.4 Å². The van der Waals surface area contributed by atoms with Crippen LogP contribution in [0.4, 0.5) is 0 Å². The number of methoxy groups -OCH3 is 3. The molecule has 1 saturated heterocycles. The highest BCUT2D eigenvalue weighted by Gasteiger charge is 2.32. The van der Waals surface area contributed by atoms with Crippen molar-refractivity contribution in [1.82, 2.24) is 9.47 Å². The summed E-state index contributed by atoms with van der Waals surface area (Å²) in [7, 11) is 4.96. The minimum Gasteiger partial charge on any atom is -0.497 e. The molecule has 4 rings (SSSR count). The summed E-state index contributed by atoms with van der Waals surface area (Å²) in [6.45, 7) is 2.11. The Hall–Kier alpha value is -3.19. The third-order valence-corrected chi connectivity index (χ3v) is 6.03. The van der Waals surface area contributed by atoms with Crippen LogP contribution in [0.15, 0.2) is 48.7 Å². The molecule has 32 heavy (non-hydrogen) atoms. The summed E-state index contributed by atoms with van der Waals surface area (Å²) in [5.41, 5.74) is 2.06. The SMILES string of the molecule is COCCn1ccc2c(OCC(=O)N3CCC[C@@H]3c3ccc(OC)cc3OC)cccc21. The van der Waals surface area contributed by atoms with Crippen molar-refractivity contribution in [2.75, 3.05) is 41.1 Å². The van der Waals surface area contributed by atoms with Crippen molar-refractivity contribution in [3.05, 3.63) is 54.2 Å². The van der Waals surface area contributed by atoms with Gasteiger partial charge >= 0.3 is 0 Å². The molecule has 1 aliphatic rings. The van der Waals surface area contributed by atoms with E-state index in [-0.39, 0.29) is 18.6 Å². The molecule has 7 nitrogen and oxygen atoms in total. The Morgan fingerprint density at radius 1 is 1.06 bits per heavy atom. The van der Waals surface area contributed by atoms with Crippen LogP contribution in [-0.4, -0.2) is 56.5 Å². The van der Waals surface area contributed by atoms with Crippen LogP contribution in [0.25, 0.3) is 10.9 Å². The van der Waals surface area contributed by atoms with E-state index < -0.39 is 0 Å². The molecule has 0 bridgehead atoms. The van der Waals surface area contributed by atoms with Crippen LogP contribution in [0.5, 0.6) is 17.2 Å². The van der Waals surface area contributed by atoms with Crippen LogP contribution < -0.4 is 14.2 Å². The number of ether oxygens (including phenoxy) is 4. The molecule has 1 atom stereocenters. The van der Waals surface area contributed by atoms with Gasteiger partial charge in [-0.25, -0.2) is 0 Å². The molecular weight excluding hydrogens is 408 g/mol. The van der Waals surface area contributed by atoms with Crippen molar-refractivity contribution in [3.63, 3.8) is 0 Å². The van der Waals surface area contributed by atoms with Gasteiger partial charge in [0.2, 0.25) is 0 Å². The molecule has 3 aromatic rings. The summed E-state index contributed by atoms with van der Waals surface area (Å²) in [5, 5.41) is 0.992. The Morgan fingerprint density at radius 3 is 2.72 bits per heavy atom. The monoisotopic (exact) mass is 438 g/mol. The van der Waals surface area contributed by atoms with Crippen molar-refractivity contribution >= 4 is 16.8 Å². The molecule has 1 amide bonds. The second kappa shape index (κ2) is 9.96. The highest BCUT2D eigenvalue weighted by atomic mass is 16.5. The lowest BCUT2D eigenvalue weighted by Gasteiger charge is -2.26. The third-order valence-electron chi connectivity index (χ3n) is 6.03. The molecular formula is C25H30N2O5. The van der Waals surface area contributed by atoms with E-state index in [1.165, 1.54) is 0 Å². The van der Waals surface area contributed by atoms with Gasteiger partial charge in [0.1, 0.15) is 17.2 Å². The van der Waals surface area contributed by atoms with Gasteiger partial charge in [0.05, 0.1) is 32.4 Å². The quantitative estimate of drug-likeness (QED) is 0.504. The van der Waals surface area contributed by atoms with E-state index in [1.807, 2.05) is 53.6 Å². The molecule has 0 N–H and O–H groups in total. The Labute approximate surface area is 188 Å². The van der Waals surface area contributed by atoms with Crippen molar-refractivity contribution in [1.29, 1.82) is 0 Å². The van der Waals surface area contributed by atoms with Crippen LogP contribution in [0.3, 0.4) is 0 Å². The lowest BCUT2D eigenvalue weighted by atomic mass is 10.0. The lowest BCUT2D eigenvalue weighted by Crippen LogP contribution is -2.34. The fourth-order valence-electron chi connectivity index (χ4n) is 4.41. The van der Waals surface area contributed by atoms with Crippen LogP contribution >= 0.6 is 0 Å². The van der Waals surface area contributed by atoms with E-state index in [1.54, 1.807) is 21.3 Å². The smallest absolute Gasteiger partial charge is 0.261 e. The molecule has 170 valence electrons. The largest absolute Gasteiger partial charge is 0.497 e. The number of amides is 1. The van der Waals surface area contributed by atoms with E-state index in [0.29, 0.717) is 18.9 Å². The van der Waals surface area contributed by atoms with Gasteiger partial charge in [0.25, 0.3) is 5.91 Å². The Balaban J connectivity index is 1.48. The second-order valence-corrected chi connectivity index (χ2v) is 7.83. The number of likely N-dealkylation sites (tertiary alicyclic amines) is 1. The number of carbonyl (C=O) groups excluding carboxylic acids is 1. The van der Waals surface area contributed by atoms with Crippen molar-refractivity contribution in [2.45, 2.75) is 25.4 Å². The summed E-state index contributed by atoms with van der Waals surface area (Å²) in [5.74, 6) is 2.15. The van der Waals surface area contributed by atoms with Gasteiger partial charge in [-0.3, -0.25) is 4.79 Å². The molecule has 1 aliphatic heterocycles. The summed E-state index contributed by atoms with van der Waals surface area (Å²) in [4.78, 5) is 15.0. The number of benzene rings is 2. The van der Waals surface area contributed by atoms with Crippen molar-refractivity contribution < 1.29 is 23.7 Å². The molecule has 0 radical (unpaired) electrons. The topological polar surface area (TPSA) is 62.2 Å². The minimum atomic E-state index is -0.0297. The average molecular weight is 439 g/mol. The average Bonchev–Trinajstić information content (AvgIpc) is 3.48. The minimum absolute atomic E-state index is 0.00264. The Kier molecular flexibility index (Phi) is 6.85. The highest BCUT2D eigenvalue weighted by molar-refractivity contribution is 5.87. The number of rotatable bonds is 9. The molecule has 1 fully saturated rings. The summed E-state index contributed by atoms with van der Waals surface area (Å²) in [6.07, 6.45) is 3.86. The fourth-order valence-corrected chi connectivity index (χ4v) is 4.41. The van der Waals surface area contributed by atoms with Gasteiger partial charge in [-0.15, -0.1) is 0 Å². The highest BCUT2D eigenvalue weighted by Crippen LogP contribution is 2.38. The normalized spacial score (nSPS) is 15.8. The van der Waals surface area contributed by atoms with E-state index in [4.69, 9.17) is 18.9 Å². The van der Waals surface area contributed by atoms with Gasteiger partial charge in [-0.2, -0.15) is 0 Å². The van der Waals surface area contributed by atoms with Crippen molar-refractivity contribution in [2.24, 2.45) is 0 Å². The van der Waals surface area contributed by atoms with E-state index in [9.17, 15) is 4.79 Å². The molecule has 0 unspecified atom stereocenters. The van der Waals surface area contributed by atoms with Crippen LogP contribution in [0, 0.1) is 0 Å². The zero-order valence-corrected chi connectivity index (χ0v) is 18.9. The summed E-state index contributed by atoms with van der Waals surface area (Å²) >= 11 is 0. The van der Waals surface area contributed by atoms with Gasteiger partial charge in [0, 0.05) is 43.4 Å². The lowest BCUT2D eigenvalue weighted by molar-refractivity contribution is -0.134. The number of aromatic nitrogens is 1. The van der Waals surface area contributed by atoms with Gasteiger partial charge in [-0.1, -0.05) is 6.07 Å². The fraction of sp³-hybridized carbons (Fsp3) is 0.400. The number of hydrogen-bond donors (Lipinski definition) is 0. The maximum Gasteiger partial charge on any atom is 0.261 e. The maximum atomic E-state index is 13.1. The first-order valence-corrected chi connectivity index (χ1v) is 10.9. The number of fused-ring (bicyclic) bond motifs is 1. The standard InChI is InChI=1S/C25H30N2O5/c1-29-15-14-26-13-11-20-21(26)6-4-8-23(20)32-17-25(28)27-12-5-7-22(27)19-10-9-18(30-2)16-24(19)31-3/h4,6,8-11,13,16,22H,5,7,12,14-15,17H2,1-3H3/t22-/m1/s1. The van der Waals surface area contributed by atoms with E-state index in [2.05, 4.69) is 4.57 Å². The third kappa shape index (κ3) is 4.39. The molecule has 2 aromatic carbocycles. The van der Waals surface area contributed by atoms with Crippen LogP contribution in [0.2, 0.25) is 0 Å². The molecule has 0 saturated carbocycles. The molecule has 1 aromatic heterocycles. The first-order chi connectivity index (χ1) is 15.7. The van der Waals surface area contributed by atoms with Gasteiger partial charge in [-0.05, 0) is 43.2 Å². The first kappa shape index (κ1) is 22.0. The molecule has 0 spiro atoms. The predicted octanol–water partition coefficient (Wildman–Crippen LogP) is 4.05. The second-order valence-electron chi connectivity index (χ2n) is 7.83. The summed E-state index contributed by atoms with van der Waals surface area (Å²) < 4.78 is 24.2. The maximum absolute atomic E-state index is 13.1. The van der Waals surface area contributed by atoms with E-state index in [0.717, 1.165) is 47.4 Å². The Morgan fingerprint density at radius 2 is 1.94 bits per heavy atom. The number of hydrogen-bond acceptors (Lipinski definition) is 5.